The molecular formula is C34H42N2O5. The summed E-state index contributed by atoms with van der Waals surface area (Å²) < 4.78 is 12.6. The van der Waals surface area contributed by atoms with Crippen molar-refractivity contribution in [1.82, 2.24) is 9.80 Å². The van der Waals surface area contributed by atoms with E-state index in [2.05, 4.69) is 23.9 Å². The smallest absolute Gasteiger partial charge is 0.310 e. The van der Waals surface area contributed by atoms with Crippen molar-refractivity contribution in [3.63, 3.8) is 0 Å². The van der Waals surface area contributed by atoms with Crippen molar-refractivity contribution in [1.29, 1.82) is 0 Å². The molecule has 1 N–H and O–H groups in total. The molecule has 1 saturated carbocycles. The monoisotopic (exact) mass is 558 g/mol. The Morgan fingerprint density at radius 1 is 0.659 bits per heavy atom. The van der Waals surface area contributed by atoms with Crippen LogP contribution in [0, 0.1) is 11.8 Å². The van der Waals surface area contributed by atoms with Gasteiger partial charge in [0.15, 0.2) is 0 Å². The van der Waals surface area contributed by atoms with Gasteiger partial charge in [-0.15, -0.1) is 0 Å². The molecule has 7 heteroatoms. The summed E-state index contributed by atoms with van der Waals surface area (Å²) in [6, 6.07) is 21.1. The molecule has 218 valence electrons. The lowest BCUT2D eigenvalue weighted by Gasteiger charge is -2.50. The maximum Gasteiger partial charge on any atom is 0.310 e. The van der Waals surface area contributed by atoms with Gasteiger partial charge in [-0.05, 0) is 57.3 Å². The van der Waals surface area contributed by atoms with Gasteiger partial charge >= 0.3 is 11.9 Å². The van der Waals surface area contributed by atoms with E-state index in [1.807, 2.05) is 60.7 Å². The zero-order valence-electron chi connectivity index (χ0n) is 24.0. The lowest BCUT2D eigenvalue weighted by molar-refractivity contribution is -0.176. The van der Waals surface area contributed by atoms with Crippen LogP contribution < -0.4 is 0 Å². The number of hydrogen-bond acceptors (Lipinski definition) is 7. The van der Waals surface area contributed by atoms with Crippen molar-refractivity contribution >= 4 is 11.9 Å². The number of aliphatic hydroxyl groups excluding tert-OH is 1. The summed E-state index contributed by atoms with van der Waals surface area (Å²) in [6.07, 6.45) is 5.53. The minimum absolute atomic E-state index is 0.0235. The predicted octanol–water partition coefficient (Wildman–Crippen LogP) is 4.11. The summed E-state index contributed by atoms with van der Waals surface area (Å²) in [5, 5.41) is 10.5. The van der Waals surface area contributed by atoms with Gasteiger partial charge in [0, 0.05) is 48.8 Å². The molecule has 5 aliphatic rings. The largest absolute Gasteiger partial charge is 0.462 e. The standard InChI is InChI=1S/C34H42N2O5/c1-35-22-13-14-23(35)16-25(15-22)40-33(38)31-29(20-9-5-3-6-10-20)32(30(31)21-11-7-4-8-12-21)34(39)41-26-17-24-18-28(37)27(19-26)36(24)2/h3-12,22-32,37H,13-19H2,1-2H3/t22-,23+,24-,25?,26+,27-,28+,29?,30?,31?,32?/m1/s1. The van der Waals surface area contributed by atoms with Gasteiger partial charge in [0.05, 0.1) is 17.9 Å². The average molecular weight is 559 g/mol. The van der Waals surface area contributed by atoms with Crippen LogP contribution in [-0.4, -0.2) is 83.4 Å². The summed E-state index contributed by atoms with van der Waals surface area (Å²) >= 11 is 0. The maximum atomic E-state index is 14.1. The first-order valence-electron chi connectivity index (χ1n) is 15.5. The van der Waals surface area contributed by atoms with Crippen molar-refractivity contribution in [2.24, 2.45) is 11.8 Å². The summed E-state index contributed by atoms with van der Waals surface area (Å²) in [6.45, 7) is 0. The van der Waals surface area contributed by atoms with Gasteiger partial charge in [-0.2, -0.15) is 0 Å². The molecule has 0 amide bonds. The predicted molar refractivity (Wildman–Crippen MR) is 154 cm³/mol. The van der Waals surface area contributed by atoms with E-state index >= 15 is 0 Å². The average Bonchev–Trinajstić information content (AvgIpc) is 3.23. The van der Waals surface area contributed by atoms with Crippen molar-refractivity contribution < 1.29 is 24.2 Å². The molecule has 4 saturated heterocycles. The zero-order valence-corrected chi connectivity index (χ0v) is 24.0. The molecule has 0 aromatic heterocycles. The third kappa shape index (κ3) is 4.80. The van der Waals surface area contributed by atoms with Crippen molar-refractivity contribution in [3.8, 4) is 0 Å². The first-order valence-corrected chi connectivity index (χ1v) is 15.5. The molecule has 41 heavy (non-hydrogen) atoms. The van der Waals surface area contributed by atoms with Crippen LogP contribution in [0.1, 0.15) is 67.9 Å². The molecular weight excluding hydrogens is 516 g/mol. The molecule has 0 radical (unpaired) electrons. The minimum atomic E-state index is -0.478. The highest BCUT2D eigenvalue weighted by atomic mass is 16.6. The first kappa shape index (κ1) is 27.1. The van der Waals surface area contributed by atoms with Crippen LogP contribution in [0.4, 0.5) is 0 Å². The van der Waals surface area contributed by atoms with E-state index in [1.54, 1.807) is 0 Å². The maximum absolute atomic E-state index is 14.1. The minimum Gasteiger partial charge on any atom is -0.462 e. The second-order valence-electron chi connectivity index (χ2n) is 13.2. The van der Waals surface area contributed by atoms with Crippen LogP contribution in [0.2, 0.25) is 0 Å². The van der Waals surface area contributed by atoms with E-state index in [4.69, 9.17) is 9.47 Å². The number of likely N-dealkylation sites (N-methyl/N-ethyl adjacent to an activating group) is 1. The van der Waals surface area contributed by atoms with E-state index in [-0.39, 0.29) is 54.2 Å². The highest BCUT2D eigenvalue weighted by Crippen LogP contribution is 2.59. The van der Waals surface area contributed by atoms with Crippen LogP contribution >= 0.6 is 0 Å². The molecule has 4 heterocycles. The number of fused-ring (bicyclic) bond motifs is 4. The number of esters is 2. The van der Waals surface area contributed by atoms with Gasteiger partial charge < -0.3 is 19.5 Å². The van der Waals surface area contributed by atoms with Gasteiger partial charge in [0.2, 0.25) is 0 Å². The van der Waals surface area contributed by atoms with Crippen molar-refractivity contribution in [2.45, 2.75) is 99.3 Å². The fourth-order valence-corrected chi connectivity index (χ4v) is 8.95. The van der Waals surface area contributed by atoms with Gasteiger partial charge in [-0.3, -0.25) is 14.5 Å². The Hall–Kier alpha value is -2.74. The van der Waals surface area contributed by atoms with Crippen molar-refractivity contribution in [3.05, 3.63) is 71.8 Å². The van der Waals surface area contributed by atoms with Crippen LogP contribution in [-0.2, 0) is 19.1 Å². The second kappa shape index (κ2) is 10.8. The molecule has 4 aliphatic heterocycles. The third-order valence-corrected chi connectivity index (χ3v) is 11.2. The number of ether oxygens (including phenoxy) is 2. The summed E-state index contributed by atoms with van der Waals surface area (Å²) in [4.78, 5) is 32.9. The Balaban J connectivity index is 1.16. The summed E-state index contributed by atoms with van der Waals surface area (Å²) in [5.74, 6) is -1.97. The Morgan fingerprint density at radius 2 is 1.12 bits per heavy atom. The molecule has 4 bridgehead atoms. The molecule has 0 spiro atoms. The molecule has 3 unspecified atom stereocenters. The quantitative estimate of drug-likeness (QED) is 0.535. The van der Waals surface area contributed by atoms with Gasteiger partial charge in [-0.25, -0.2) is 0 Å². The molecule has 5 fully saturated rings. The number of carbonyl (C=O) groups is 2. The van der Waals surface area contributed by atoms with Crippen LogP contribution in [0.3, 0.4) is 0 Å². The fourth-order valence-electron chi connectivity index (χ4n) is 8.95. The first-order chi connectivity index (χ1) is 19.9. The highest BCUT2D eigenvalue weighted by molar-refractivity contribution is 5.85. The van der Waals surface area contributed by atoms with Crippen LogP contribution in [0.15, 0.2) is 60.7 Å². The number of hydrogen-bond donors (Lipinski definition) is 1. The van der Waals surface area contributed by atoms with Crippen molar-refractivity contribution in [2.75, 3.05) is 14.1 Å². The molecule has 7 nitrogen and oxygen atoms in total. The summed E-state index contributed by atoms with van der Waals surface area (Å²) in [7, 11) is 4.24. The Bertz CT molecular complexity index is 1190. The number of aliphatic hydroxyl groups is 1. The van der Waals surface area contributed by atoms with Gasteiger partial charge in [-0.1, -0.05) is 60.7 Å². The zero-order chi connectivity index (χ0) is 28.2. The summed E-state index contributed by atoms with van der Waals surface area (Å²) in [5.41, 5.74) is 1.96. The second-order valence-corrected chi connectivity index (χ2v) is 13.2. The van der Waals surface area contributed by atoms with E-state index in [0.717, 1.165) is 36.8 Å². The number of rotatable bonds is 6. The Labute approximate surface area is 242 Å². The lowest BCUT2D eigenvalue weighted by atomic mass is 9.52. The normalized spacial score (nSPS) is 40.1. The number of nitrogens with zero attached hydrogens (tertiary/aromatic N) is 2. The van der Waals surface area contributed by atoms with E-state index < -0.39 is 11.8 Å². The fraction of sp³-hybridized carbons (Fsp3) is 0.588. The molecule has 1 aliphatic carbocycles. The number of piperidine rings is 2. The molecule has 9 atom stereocenters. The third-order valence-electron chi connectivity index (χ3n) is 11.2. The van der Waals surface area contributed by atoms with E-state index in [9.17, 15) is 14.7 Å². The Morgan fingerprint density at radius 3 is 1.61 bits per heavy atom. The highest BCUT2D eigenvalue weighted by Gasteiger charge is 2.60. The van der Waals surface area contributed by atoms with Crippen LogP contribution in [0.5, 0.6) is 0 Å². The van der Waals surface area contributed by atoms with E-state index in [0.29, 0.717) is 18.5 Å². The molecule has 2 aromatic rings. The van der Waals surface area contributed by atoms with Crippen LogP contribution in [0.25, 0.3) is 0 Å². The topological polar surface area (TPSA) is 79.3 Å². The number of carbonyl (C=O) groups excluding carboxylic acids is 2. The lowest BCUT2D eigenvalue weighted by Crippen LogP contribution is -2.54. The number of benzene rings is 2. The van der Waals surface area contributed by atoms with Gasteiger partial charge in [0.1, 0.15) is 12.2 Å². The SMILES string of the molecule is CN1[C@@H]2CC[C@H]1CC(OC(=O)C1C(c3ccccc3)C(C(=O)O[C@H]3C[C@@H]4C[C@H](O)[C@@H](C3)N4C)C1c1ccccc1)C2. The molecule has 7 rings (SSSR count). The Kier molecular flexibility index (Phi) is 7.16. The van der Waals surface area contributed by atoms with E-state index in [1.165, 1.54) is 12.8 Å². The van der Waals surface area contributed by atoms with Gasteiger partial charge in [0.25, 0.3) is 0 Å². The molecule has 2 aromatic carbocycles.